The van der Waals surface area contributed by atoms with E-state index in [2.05, 4.69) is 30.1 Å². The van der Waals surface area contributed by atoms with E-state index in [1.807, 2.05) is 18.3 Å². The molecule has 3 heterocycles. The summed E-state index contributed by atoms with van der Waals surface area (Å²) in [6.07, 6.45) is 3.34. The first-order valence-electron chi connectivity index (χ1n) is 8.48. The van der Waals surface area contributed by atoms with Gasteiger partial charge in [-0.05, 0) is 38.1 Å². The topological polar surface area (TPSA) is 83.9 Å². The van der Waals surface area contributed by atoms with Crippen LogP contribution in [0.15, 0.2) is 18.3 Å². The Morgan fingerprint density at radius 2 is 2.00 bits per heavy atom. The first-order valence-corrected chi connectivity index (χ1v) is 8.48. The van der Waals surface area contributed by atoms with Gasteiger partial charge in [-0.15, -0.1) is 0 Å². The number of aromatic nitrogens is 2. The highest BCUT2D eigenvalue weighted by atomic mass is 16.4. The predicted molar refractivity (Wildman–Crippen MR) is 93.9 cm³/mol. The number of nitrogen functional groups attached to an aromatic ring is 1. The molecule has 0 atom stereocenters. The lowest BCUT2D eigenvalue weighted by atomic mass is 9.90. The molecule has 3 rings (SSSR count). The van der Waals surface area contributed by atoms with Crippen LogP contribution in [0.5, 0.6) is 0 Å². The summed E-state index contributed by atoms with van der Waals surface area (Å²) in [4.78, 5) is 18.3. The average Bonchev–Trinajstić information content (AvgIpc) is 2.86. The molecule has 0 aromatic carbocycles. The number of fused-ring (bicyclic) bond motifs is 1. The summed E-state index contributed by atoms with van der Waals surface area (Å²) in [5.41, 5.74) is 9.76. The van der Waals surface area contributed by atoms with E-state index in [0.29, 0.717) is 18.5 Å². The second-order valence-electron chi connectivity index (χ2n) is 7.74. The van der Waals surface area contributed by atoms with Gasteiger partial charge in [0.05, 0.1) is 17.3 Å². The van der Waals surface area contributed by atoms with Gasteiger partial charge in [-0.25, -0.2) is 4.98 Å². The number of hydrogen-bond donors (Lipinski definition) is 2. The summed E-state index contributed by atoms with van der Waals surface area (Å²) in [5.74, 6) is -0.881. The van der Waals surface area contributed by atoms with Gasteiger partial charge in [0.2, 0.25) is 0 Å². The van der Waals surface area contributed by atoms with Crippen LogP contribution in [-0.2, 0) is 16.8 Å². The van der Waals surface area contributed by atoms with Crippen molar-refractivity contribution in [2.75, 3.05) is 18.8 Å². The monoisotopic (exact) mass is 330 g/mol. The Hall–Kier alpha value is -2.08. The second kappa shape index (κ2) is 6.09. The summed E-state index contributed by atoms with van der Waals surface area (Å²) >= 11 is 0. The minimum Gasteiger partial charge on any atom is -0.481 e. The van der Waals surface area contributed by atoms with Gasteiger partial charge < -0.3 is 15.2 Å². The third-order valence-corrected chi connectivity index (χ3v) is 4.76. The third kappa shape index (κ3) is 3.24. The molecule has 0 amide bonds. The fourth-order valence-electron chi connectivity index (χ4n) is 3.41. The second-order valence-corrected chi connectivity index (χ2v) is 7.74. The molecule has 1 aliphatic heterocycles. The standard InChI is InChI=1S/C18H26N4O2/c1-18(2,3)16-14(22-10-13(19)4-5-15(22)20-16)11-21-8-6-12(7-9-21)17(23)24/h4-5,10,12H,6-9,11,19H2,1-3H3,(H,23,24). The normalized spacial score (nSPS) is 17.5. The van der Waals surface area contributed by atoms with Gasteiger partial charge >= 0.3 is 5.97 Å². The smallest absolute Gasteiger partial charge is 0.306 e. The number of carbonyl (C=O) groups is 1. The number of hydrogen-bond acceptors (Lipinski definition) is 4. The molecular weight excluding hydrogens is 304 g/mol. The van der Waals surface area contributed by atoms with Crippen molar-refractivity contribution in [3.63, 3.8) is 0 Å². The molecule has 1 saturated heterocycles. The van der Waals surface area contributed by atoms with Crippen LogP contribution >= 0.6 is 0 Å². The first kappa shape index (κ1) is 16.8. The molecule has 0 spiro atoms. The molecule has 2 aromatic rings. The fourth-order valence-corrected chi connectivity index (χ4v) is 3.41. The van der Waals surface area contributed by atoms with Crippen LogP contribution in [0.2, 0.25) is 0 Å². The van der Waals surface area contributed by atoms with Crippen molar-refractivity contribution in [1.82, 2.24) is 14.3 Å². The zero-order chi connectivity index (χ0) is 17.5. The summed E-state index contributed by atoms with van der Waals surface area (Å²) in [6.45, 7) is 8.87. The van der Waals surface area contributed by atoms with E-state index in [4.69, 9.17) is 15.8 Å². The van der Waals surface area contributed by atoms with E-state index in [9.17, 15) is 4.79 Å². The van der Waals surface area contributed by atoms with Crippen molar-refractivity contribution in [2.24, 2.45) is 5.92 Å². The molecule has 1 aliphatic rings. The highest BCUT2D eigenvalue weighted by Crippen LogP contribution is 2.29. The van der Waals surface area contributed by atoms with Gasteiger partial charge in [-0.3, -0.25) is 9.69 Å². The first-order chi connectivity index (χ1) is 11.3. The van der Waals surface area contributed by atoms with E-state index in [1.54, 1.807) is 0 Å². The third-order valence-electron chi connectivity index (χ3n) is 4.76. The maximum absolute atomic E-state index is 11.1. The van der Waals surface area contributed by atoms with Crippen LogP contribution in [0.4, 0.5) is 5.69 Å². The van der Waals surface area contributed by atoms with Gasteiger partial charge in [0.25, 0.3) is 0 Å². The Morgan fingerprint density at radius 3 is 2.58 bits per heavy atom. The van der Waals surface area contributed by atoms with Gasteiger partial charge in [0.15, 0.2) is 0 Å². The Bertz CT molecular complexity index is 752. The number of imidazole rings is 1. The Labute approximate surface area is 142 Å². The van der Waals surface area contributed by atoms with E-state index >= 15 is 0 Å². The fraction of sp³-hybridized carbons (Fsp3) is 0.556. The van der Waals surface area contributed by atoms with Crippen molar-refractivity contribution in [3.8, 4) is 0 Å². The minimum absolute atomic E-state index is 0.0600. The molecule has 0 saturated carbocycles. The lowest BCUT2D eigenvalue weighted by Crippen LogP contribution is -2.36. The van der Waals surface area contributed by atoms with Gasteiger partial charge in [0.1, 0.15) is 5.65 Å². The number of nitrogens with two attached hydrogens (primary N) is 1. The molecule has 0 unspecified atom stereocenters. The van der Waals surface area contributed by atoms with Crippen molar-refractivity contribution in [3.05, 3.63) is 29.7 Å². The van der Waals surface area contributed by atoms with Crippen LogP contribution in [0.1, 0.15) is 45.0 Å². The van der Waals surface area contributed by atoms with E-state index in [-0.39, 0.29) is 11.3 Å². The van der Waals surface area contributed by atoms with E-state index in [1.165, 1.54) is 0 Å². The van der Waals surface area contributed by atoms with Crippen LogP contribution in [0.3, 0.4) is 0 Å². The number of carboxylic acids is 1. The van der Waals surface area contributed by atoms with Crippen molar-refractivity contribution >= 4 is 17.3 Å². The molecule has 1 fully saturated rings. The largest absolute Gasteiger partial charge is 0.481 e. The Morgan fingerprint density at radius 1 is 1.33 bits per heavy atom. The number of piperidine rings is 1. The molecule has 130 valence electrons. The molecule has 3 N–H and O–H groups in total. The van der Waals surface area contributed by atoms with Gasteiger partial charge in [-0.1, -0.05) is 20.8 Å². The molecule has 6 heteroatoms. The number of nitrogens with zero attached hydrogens (tertiary/aromatic N) is 3. The average molecular weight is 330 g/mol. The van der Waals surface area contributed by atoms with Crippen molar-refractivity contribution < 1.29 is 9.90 Å². The van der Waals surface area contributed by atoms with Gasteiger partial charge in [-0.2, -0.15) is 0 Å². The van der Waals surface area contributed by atoms with E-state index in [0.717, 1.165) is 36.7 Å². The number of rotatable bonds is 3. The molecule has 0 bridgehead atoms. The van der Waals surface area contributed by atoms with Crippen molar-refractivity contribution in [2.45, 2.75) is 45.6 Å². The van der Waals surface area contributed by atoms with E-state index < -0.39 is 5.97 Å². The summed E-state index contributed by atoms with van der Waals surface area (Å²) < 4.78 is 2.08. The molecule has 6 nitrogen and oxygen atoms in total. The molecule has 24 heavy (non-hydrogen) atoms. The highest BCUT2D eigenvalue weighted by Gasteiger charge is 2.28. The summed E-state index contributed by atoms with van der Waals surface area (Å²) in [6, 6.07) is 3.82. The summed E-state index contributed by atoms with van der Waals surface area (Å²) in [7, 11) is 0. The number of carboxylic acid groups (broad SMARTS) is 1. The predicted octanol–water partition coefficient (Wildman–Crippen LogP) is 2.51. The lowest BCUT2D eigenvalue weighted by Gasteiger charge is -2.30. The zero-order valence-corrected chi connectivity index (χ0v) is 14.6. The van der Waals surface area contributed by atoms with Crippen LogP contribution in [-0.4, -0.2) is 38.4 Å². The minimum atomic E-state index is -0.674. The summed E-state index contributed by atoms with van der Waals surface area (Å²) in [5, 5.41) is 9.16. The molecule has 0 radical (unpaired) electrons. The maximum Gasteiger partial charge on any atom is 0.306 e. The van der Waals surface area contributed by atoms with Crippen molar-refractivity contribution in [1.29, 1.82) is 0 Å². The highest BCUT2D eigenvalue weighted by molar-refractivity contribution is 5.70. The molecule has 0 aliphatic carbocycles. The zero-order valence-electron chi connectivity index (χ0n) is 14.6. The number of pyridine rings is 1. The van der Waals surface area contributed by atoms with Crippen LogP contribution < -0.4 is 5.73 Å². The number of aliphatic carboxylic acids is 1. The SMILES string of the molecule is CC(C)(C)c1nc2ccc(N)cn2c1CN1CCC(C(=O)O)CC1. The van der Waals surface area contributed by atoms with Gasteiger partial charge in [0, 0.05) is 23.8 Å². The molecular formula is C18H26N4O2. The van der Waals surface area contributed by atoms with Crippen LogP contribution in [0, 0.1) is 5.92 Å². The van der Waals surface area contributed by atoms with Crippen LogP contribution in [0.25, 0.3) is 5.65 Å². The number of likely N-dealkylation sites (tertiary alicyclic amines) is 1. The quantitative estimate of drug-likeness (QED) is 0.903. The Kier molecular flexibility index (Phi) is 4.25. The molecule has 2 aromatic heterocycles. The number of anilines is 1. The lowest BCUT2D eigenvalue weighted by molar-refractivity contribution is -0.143. The Balaban J connectivity index is 1.90. The maximum atomic E-state index is 11.1.